The van der Waals surface area contributed by atoms with Gasteiger partial charge in [0.25, 0.3) is 0 Å². The summed E-state index contributed by atoms with van der Waals surface area (Å²) >= 11 is 0. The monoisotopic (exact) mass is 337 g/mol. The second kappa shape index (κ2) is 7.60. The third kappa shape index (κ3) is 4.13. The van der Waals surface area contributed by atoms with Crippen LogP contribution in [0, 0.1) is 0 Å². The minimum atomic E-state index is -0.381. The first-order valence-electron chi connectivity index (χ1n) is 8.43. The molecule has 8 heteroatoms. The number of likely N-dealkylation sites (N-methyl/N-ethyl adjacent to an activating group) is 1. The molecule has 0 saturated carbocycles. The molecule has 1 aromatic heterocycles. The first-order chi connectivity index (χ1) is 11.6. The first-order valence-corrected chi connectivity index (χ1v) is 8.43. The summed E-state index contributed by atoms with van der Waals surface area (Å²) in [6.45, 7) is 6.15. The topological polar surface area (TPSA) is 71.9 Å². The van der Waals surface area contributed by atoms with E-state index in [-0.39, 0.29) is 11.5 Å². The fraction of sp³-hybridized carbons (Fsp3) is 0.750. The SMILES string of the molecule is CNC(=O)CN1CCOCC2(C1)CN(Cc1nccn1C)CCO2. The van der Waals surface area contributed by atoms with Crippen LogP contribution in [0.1, 0.15) is 5.82 Å². The highest BCUT2D eigenvalue weighted by atomic mass is 16.5. The molecule has 2 aliphatic rings. The average molecular weight is 337 g/mol. The summed E-state index contributed by atoms with van der Waals surface area (Å²) in [5.41, 5.74) is -0.381. The Kier molecular flexibility index (Phi) is 5.50. The zero-order valence-corrected chi connectivity index (χ0v) is 14.5. The van der Waals surface area contributed by atoms with Gasteiger partial charge in [-0.25, -0.2) is 4.98 Å². The molecule has 3 heterocycles. The van der Waals surface area contributed by atoms with Crippen molar-refractivity contribution in [3.05, 3.63) is 18.2 Å². The fourth-order valence-electron chi connectivity index (χ4n) is 3.39. The van der Waals surface area contributed by atoms with Crippen molar-refractivity contribution in [3.63, 3.8) is 0 Å². The van der Waals surface area contributed by atoms with Crippen LogP contribution in [0.2, 0.25) is 0 Å². The highest BCUT2D eigenvalue weighted by Crippen LogP contribution is 2.23. The first kappa shape index (κ1) is 17.3. The van der Waals surface area contributed by atoms with Crippen molar-refractivity contribution in [3.8, 4) is 0 Å². The predicted octanol–water partition coefficient (Wildman–Crippen LogP) is -0.931. The third-order valence-corrected chi connectivity index (χ3v) is 4.69. The number of aromatic nitrogens is 2. The number of aryl methyl sites for hydroxylation is 1. The van der Waals surface area contributed by atoms with Crippen LogP contribution >= 0.6 is 0 Å². The van der Waals surface area contributed by atoms with Gasteiger partial charge in [0, 0.05) is 52.7 Å². The van der Waals surface area contributed by atoms with E-state index in [4.69, 9.17) is 9.47 Å². The Balaban J connectivity index is 1.66. The van der Waals surface area contributed by atoms with Crippen LogP contribution in [0.15, 0.2) is 12.4 Å². The highest BCUT2D eigenvalue weighted by Gasteiger charge is 2.40. The van der Waals surface area contributed by atoms with Crippen molar-refractivity contribution in [2.45, 2.75) is 12.1 Å². The molecule has 1 spiro atoms. The molecule has 3 rings (SSSR count). The summed E-state index contributed by atoms with van der Waals surface area (Å²) in [6.07, 6.45) is 3.79. The van der Waals surface area contributed by atoms with Crippen LogP contribution in [0.5, 0.6) is 0 Å². The quantitative estimate of drug-likeness (QED) is 0.765. The highest BCUT2D eigenvalue weighted by molar-refractivity contribution is 5.77. The van der Waals surface area contributed by atoms with E-state index in [9.17, 15) is 4.79 Å². The molecule has 8 nitrogen and oxygen atoms in total. The van der Waals surface area contributed by atoms with Crippen molar-refractivity contribution in [2.75, 3.05) is 59.6 Å². The Bertz CT molecular complexity index is 564. The normalized spacial score (nSPS) is 26.4. The fourth-order valence-corrected chi connectivity index (χ4v) is 3.39. The molecule has 0 aliphatic carbocycles. The maximum atomic E-state index is 11.7. The van der Waals surface area contributed by atoms with Crippen molar-refractivity contribution in [1.82, 2.24) is 24.7 Å². The average Bonchev–Trinajstić information content (AvgIpc) is 2.86. The van der Waals surface area contributed by atoms with Crippen LogP contribution in [-0.4, -0.2) is 90.5 Å². The molecule has 1 N–H and O–H groups in total. The van der Waals surface area contributed by atoms with E-state index in [1.165, 1.54) is 0 Å². The summed E-state index contributed by atoms with van der Waals surface area (Å²) in [5.74, 6) is 1.07. The largest absolute Gasteiger partial charge is 0.377 e. The van der Waals surface area contributed by atoms with Gasteiger partial charge in [-0.3, -0.25) is 14.6 Å². The number of imidazole rings is 1. The van der Waals surface area contributed by atoms with Crippen molar-refractivity contribution < 1.29 is 14.3 Å². The molecule has 0 bridgehead atoms. The lowest BCUT2D eigenvalue weighted by Crippen LogP contribution is -2.59. The minimum absolute atomic E-state index is 0.0210. The van der Waals surface area contributed by atoms with Crippen molar-refractivity contribution in [2.24, 2.45) is 7.05 Å². The van der Waals surface area contributed by atoms with E-state index in [0.717, 1.165) is 32.0 Å². The minimum Gasteiger partial charge on any atom is -0.377 e. The molecule has 0 radical (unpaired) electrons. The zero-order chi connectivity index (χ0) is 17.0. The van der Waals surface area contributed by atoms with Gasteiger partial charge in [-0.15, -0.1) is 0 Å². The number of carbonyl (C=O) groups excluding carboxylic acids is 1. The molecule has 24 heavy (non-hydrogen) atoms. The number of morpholine rings is 1. The lowest BCUT2D eigenvalue weighted by molar-refractivity contribution is -0.144. The second-order valence-corrected chi connectivity index (χ2v) is 6.63. The van der Waals surface area contributed by atoms with Crippen LogP contribution < -0.4 is 5.32 Å². The van der Waals surface area contributed by atoms with Crippen LogP contribution in [0.25, 0.3) is 0 Å². The van der Waals surface area contributed by atoms with E-state index in [2.05, 4.69) is 20.1 Å². The number of amides is 1. The molecular formula is C16H27N5O3. The zero-order valence-electron chi connectivity index (χ0n) is 14.5. The van der Waals surface area contributed by atoms with Gasteiger partial charge in [-0.2, -0.15) is 0 Å². The van der Waals surface area contributed by atoms with E-state index in [0.29, 0.717) is 32.9 Å². The van der Waals surface area contributed by atoms with Crippen molar-refractivity contribution >= 4 is 5.91 Å². The summed E-state index contributed by atoms with van der Waals surface area (Å²) in [6, 6.07) is 0. The van der Waals surface area contributed by atoms with Gasteiger partial charge in [-0.1, -0.05) is 0 Å². The number of nitrogens with zero attached hydrogens (tertiary/aromatic N) is 4. The number of nitrogens with one attached hydrogen (secondary N) is 1. The maximum Gasteiger partial charge on any atom is 0.233 e. The molecule has 2 aliphatic heterocycles. The molecule has 1 amide bonds. The molecule has 2 saturated heterocycles. The van der Waals surface area contributed by atoms with Gasteiger partial charge < -0.3 is 19.4 Å². The molecule has 1 aromatic rings. The molecular weight excluding hydrogens is 310 g/mol. The van der Waals surface area contributed by atoms with Crippen LogP contribution in [0.4, 0.5) is 0 Å². The molecule has 0 aromatic carbocycles. The summed E-state index contributed by atoms with van der Waals surface area (Å²) in [7, 11) is 3.68. The predicted molar refractivity (Wildman–Crippen MR) is 88.5 cm³/mol. The molecule has 134 valence electrons. The summed E-state index contributed by atoms with van der Waals surface area (Å²) < 4.78 is 14.0. The number of rotatable bonds is 4. The summed E-state index contributed by atoms with van der Waals surface area (Å²) in [4.78, 5) is 20.6. The Morgan fingerprint density at radius 2 is 2.12 bits per heavy atom. The van der Waals surface area contributed by atoms with Gasteiger partial charge in [-0.05, 0) is 0 Å². The molecule has 1 unspecified atom stereocenters. The number of ether oxygens (including phenoxy) is 2. The Morgan fingerprint density at radius 1 is 1.33 bits per heavy atom. The number of hydrogen-bond acceptors (Lipinski definition) is 6. The second-order valence-electron chi connectivity index (χ2n) is 6.63. The van der Waals surface area contributed by atoms with E-state index in [1.807, 2.05) is 24.0 Å². The maximum absolute atomic E-state index is 11.7. The molecule has 2 fully saturated rings. The van der Waals surface area contributed by atoms with Gasteiger partial charge in [0.05, 0.1) is 32.9 Å². The standard InChI is InChI=1S/C16H27N5O3/c1-17-15(22)10-21-5-7-23-13-16(12-21)11-20(6-8-24-16)9-14-18-3-4-19(14)2/h3-4H,5-13H2,1-2H3,(H,17,22). The van der Waals surface area contributed by atoms with Crippen LogP contribution in [0.3, 0.4) is 0 Å². The Morgan fingerprint density at radius 3 is 2.88 bits per heavy atom. The van der Waals surface area contributed by atoms with Crippen LogP contribution in [-0.2, 0) is 27.9 Å². The Hall–Kier alpha value is -1.48. The van der Waals surface area contributed by atoms with E-state index >= 15 is 0 Å². The number of carbonyl (C=O) groups is 1. The molecule has 1 atom stereocenters. The van der Waals surface area contributed by atoms with Gasteiger partial charge in [0.2, 0.25) is 5.91 Å². The lowest BCUT2D eigenvalue weighted by Gasteiger charge is -2.43. The van der Waals surface area contributed by atoms with E-state index in [1.54, 1.807) is 7.05 Å². The lowest BCUT2D eigenvalue weighted by atomic mass is 10.0. The van der Waals surface area contributed by atoms with E-state index < -0.39 is 0 Å². The number of hydrogen-bond donors (Lipinski definition) is 1. The van der Waals surface area contributed by atoms with Gasteiger partial charge >= 0.3 is 0 Å². The Labute approximate surface area is 142 Å². The van der Waals surface area contributed by atoms with Gasteiger partial charge in [0.1, 0.15) is 11.4 Å². The third-order valence-electron chi connectivity index (χ3n) is 4.69. The van der Waals surface area contributed by atoms with Gasteiger partial charge in [0.15, 0.2) is 0 Å². The van der Waals surface area contributed by atoms with Crippen molar-refractivity contribution in [1.29, 1.82) is 0 Å². The smallest absolute Gasteiger partial charge is 0.233 e. The summed E-state index contributed by atoms with van der Waals surface area (Å²) in [5, 5.41) is 2.69.